The van der Waals surface area contributed by atoms with Crippen molar-refractivity contribution in [3.05, 3.63) is 69.6 Å². The van der Waals surface area contributed by atoms with Gasteiger partial charge in [0.2, 0.25) is 0 Å². The molecule has 0 bridgehead atoms. The number of hydrogen-bond donors (Lipinski definition) is 2. The number of nitrogens with one attached hydrogen (secondary N) is 1. The number of thioether (sulfide) groups is 1. The zero-order chi connectivity index (χ0) is 21.0. The van der Waals surface area contributed by atoms with E-state index in [-0.39, 0.29) is 11.7 Å². The number of halogens is 1. The lowest BCUT2D eigenvalue weighted by molar-refractivity contribution is -0.115. The SMILES string of the molecule is C=CCc1cc(/C=C2/SC(=Nc3cc(Cl)ccc3C)NC2=O)cc(OCC)c1O. The Labute approximate surface area is 179 Å². The van der Waals surface area contributed by atoms with Crippen molar-refractivity contribution < 1.29 is 14.6 Å². The molecule has 1 amide bonds. The summed E-state index contributed by atoms with van der Waals surface area (Å²) in [5, 5.41) is 14.2. The van der Waals surface area contributed by atoms with Crippen LogP contribution in [0.1, 0.15) is 23.6 Å². The third-order valence-electron chi connectivity index (χ3n) is 4.18. The number of hydrogen-bond acceptors (Lipinski definition) is 5. The van der Waals surface area contributed by atoms with Crippen LogP contribution in [0.2, 0.25) is 5.02 Å². The van der Waals surface area contributed by atoms with Gasteiger partial charge in [0.15, 0.2) is 16.7 Å². The Morgan fingerprint density at radius 2 is 2.14 bits per heavy atom. The molecule has 0 spiro atoms. The predicted molar refractivity (Wildman–Crippen MR) is 120 cm³/mol. The van der Waals surface area contributed by atoms with E-state index >= 15 is 0 Å². The van der Waals surface area contributed by atoms with Crippen LogP contribution in [0.25, 0.3) is 6.08 Å². The van der Waals surface area contributed by atoms with Crippen molar-refractivity contribution in [2.24, 2.45) is 4.99 Å². The molecule has 1 aliphatic rings. The van der Waals surface area contributed by atoms with Crippen LogP contribution in [0.3, 0.4) is 0 Å². The predicted octanol–water partition coefficient (Wildman–Crippen LogP) is 5.37. The maximum absolute atomic E-state index is 12.4. The van der Waals surface area contributed by atoms with E-state index in [1.54, 1.807) is 30.4 Å². The summed E-state index contributed by atoms with van der Waals surface area (Å²) in [5.41, 5.74) is 3.10. The van der Waals surface area contributed by atoms with Crippen LogP contribution in [-0.4, -0.2) is 22.8 Å². The molecule has 5 nitrogen and oxygen atoms in total. The fourth-order valence-corrected chi connectivity index (χ4v) is 3.79. The van der Waals surface area contributed by atoms with Crippen LogP contribution in [0.4, 0.5) is 5.69 Å². The highest BCUT2D eigenvalue weighted by atomic mass is 35.5. The highest BCUT2D eigenvalue weighted by Gasteiger charge is 2.24. The molecule has 2 N–H and O–H groups in total. The molecule has 1 fully saturated rings. The average Bonchev–Trinajstić information content (AvgIpc) is 3.01. The smallest absolute Gasteiger partial charge is 0.264 e. The van der Waals surface area contributed by atoms with E-state index in [2.05, 4.69) is 16.9 Å². The summed E-state index contributed by atoms with van der Waals surface area (Å²) in [6.07, 6.45) is 3.95. The zero-order valence-corrected chi connectivity index (χ0v) is 17.7. The van der Waals surface area contributed by atoms with Crippen LogP contribution >= 0.6 is 23.4 Å². The van der Waals surface area contributed by atoms with Gasteiger partial charge in [0.25, 0.3) is 5.91 Å². The summed E-state index contributed by atoms with van der Waals surface area (Å²) < 4.78 is 5.52. The third kappa shape index (κ3) is 5.02. The molecule has 1 aliphatic heterocycles. The Morgan fingerprint density at radius 3 is 2.86 bits per heavy atom. The van der Waals surface area contributed by atoms with Crippen molar-refractivity contribution in [1.82, 2.24) is 5.32 Å². The van der Waals surface area contributed by atoms with Crippen molar-refractivity contribution in [1.29, 1.82) is 0 Å². The van der Waals surface area contributed by atoms with Gasteiger partial charge in [-0.2, -0.15) is 0 Å². The van der Waals surface area contributed by atoms with Crippen molar-refractivity contribution in [3.63, 3.8) is 0 Å². The molecule has 2 aromatic rings. The fraction of sp³-hybridized carbons (Fsp3) is 0.182. The van der Waals surface area contributed by atoms with E-state index in [1.807, 2.05) is 26.0 Å². The van der Waals surface area contributed by atoms with E-state index in [1.165, 1.54) is 11.8 Å². The Morgan fingerprint density at radius 1 is 1.34 bits per heavy atom. The van der Waals surface area contributed by atoms with Crippen LogP contribution in [0.5, 0.6) is 11.5 Å². The van der Waals surface area contributed by atoms with Crippen LogP contribution < -0.4 is 10.1 Å². The number of amidine groups is 1. The number of phenols is 1. The van der Waals surface area contributed by atoms with Gasteiger partial charge in [-0.25, -0.2) is 4.99 Å². The van der Waals surface area contributed by atoms with Crippen molar-refractivity contribution in [2.45, 2.75) is 20.3 Å². The molecule has 150 valence electrons. The topological polar surface area (TPSA) is 70.9 Å². The molecule has 2 aromatic carbocycles. The first-order chi connectivity index (χ1) is 13.9. The summed E-state index contributed by atoms with van der Waals surface area (Å²) in [7, 11) is 0. The van der Waals surface area contributed by atoms with E-state index < -0.39 is 0 Å². The lowest BCUT2D eigenvalue weighted by atomic mass is 10.1. The second-order valence-electron chi connectivity index (χ2n) is 6.37. The van der Waals surface area contributed by atoms with E-state index in [0.717, 1.165) is 11.1 Å². The summed E-state index contributed by atoms with van der Waals surface area (Å²) in [4.78, 5) is 17.4. The standard InChI is InChI=1S/C22H21ClN2O3S/c1-4-6-15-9-14(10-18(20(15)26)28-5-2)11-19-21(27)25-22(29-19)24-17-12-16(23)8-7-13(17)3/h4,7-12,26H,1,5-6H2,2-3H3,(H,24,25,27)/b19-11+. The first-order valence-electron chi connectivity index (χ1n) is 9.06. The molecule has 0 atom stereocenters. The van der Waals surface area contributed by atoms with Gasteiger partial charge in [-0.05, 0) is 73.5 Å². The molecule has 7 heteroatoms. The summed E-state index contributed by atoms with van der Waals surface area (Å²) in [6, 6.07) is 8.97. The summed E-state index contributed by atoms with van der Waals surface area (Å²) >= 11 is 7.30. The number of nitrogens with zero attached hydrogens (tertiary/aromatic N) is 1. The number of allylic oxidation sites excluding steroid dienone is 1. The van der Waals surface area contributed by atoms with Crippen molar-refractivity contribution in [3.8, 4) is 11.5 Å². The van der Waals surface area contributed by atoms with Gasteiger partial charge in [-0.1, -0.05) is 23.7 Å². The van der Waals surface area contributed by atoms with E-state index in [4.69, 9.17) is 16.3 Å². The second-order valence-corrected chi connectivity index (χ2v) is 7.83. The molecule has 3 rings (SSSR count). The molecule has 0 aliphatic carbocycles. The quantitative estimate of drug-likeness (QED) is 0.479. The van der Waals surface area contributed by atoms with Crippen molar-refractivity contribution in [2.75, 3.05) is 6.61 Å². The van der Waals surface area contributed by atoms with Gasteiger partial charge in [-0.3, -0.25) is 4.79 Å². The van der Waals surface area contributed by atoms with Crippen LogP contribution in [-0.2, 0) is 11.2 Å². The summed E-state index contributed by atoms with van der Waals surface area (Å²) in [6.45, 7) is 7.92. The number of amides is 1. The van der Waals surface area contributed by atoms with E-state index in [0.29, 0.717) is 45.1 Å². The highest BCUT2D eigenvalue weighted by Crippen LogP contribution is 2.35. The van der Waals surface area contributed by atoms with Gasteiger partial charge >= 0.3 is 0 Å². The minimum Gasteiger partial charge on any atom is -0.504 e. The number of phenolic OH excluding ortho intramolecular Hbond substituents is 1. The van der Waals surface area contributed by atoms with Gasteiger partial charge in [0.05, 0.1) is 17.2 Å². The highest BCUT2D eigenvalue weighted by molar-refractivity contribution is 8.18. The molecule has 1 heterocycles. The zero-order valence-electron chi connectivity index (χ0n) is 16.2. The normalized spacial score (nSPS) is 16.3. The first kappa shape index (κ1) is 21.0. The Bertz CT molecular complexity index is 1030. The molecule has 0 aromatic heterocycles. The average molecular weight is 429 g/mol. The number of rotatable bonds is 6. The third-order valence-corrected chi connectivity index (χ3v) is 5.33. The number of aliphatic imine (C=N–C) groups is 1. The van der Waals surface area contributed by atoms with Gasteiger partial charge < -0.3 is 15.2 Å². The minimum atomic E-state index is -0.232. The number of benzene rings is 2. The van der Waals surface area contributed by atoms with Crippen LogP contribution in [0, 0.1) is 6.92 Å². The lowest BCUT2D eigenvalue weighted by Gasteiger charge is -2.11. The minimum absolute atomic E-state index is 0.0936. The first-order valence-corrected chi connectivity index (χ1v) is 10.3. The Balaban J connectivity index is 1.93. The number of carbonyl (C=O) groups is 1. The number of ether oxygens (including phenoxy) is 1. The van der Waals surface area contributed by atoms with Gasteiger partial charge in [0, 0.05) is 10.6 Å². The molecule has 29 heavy (non-hydrogen) atoms. The number of carbonyl (C=O) groups excluding carboxylic acids is 1. The van der Waals surface area contributed by atoms with Gasteiger partial charge in [0.1, 0.15) is 0 Å². The van der Waals surface area contributed by atoms with E-state index in [9.17, 15) is 9.90 Å². The monoisotopic (exact) mass is 428 g/mol. The molecule has 0 unspecified atom stereocenters. The Hall–Kier alpha value is -2.70. The summed E-state index contributed by atoms with van der Waals surface area (Å²) in [5.74, 6) is 0.242. The number of aryl methyl sites for hydroxylation is 1. The molecule has 0 radical (unpaired) electrons. The van der Waals surface area contributed by atoms with Crippen molar-refractivity contribution >= 4 is 46.2 Å². The fourth-order valence-electron chi connectivity index (χ4n) is 2.79. The maximum Gasteiger partial charge on any atom is 0.264 e. The molecule has 1 saturated heterocycles. The number of aromatic hydroxyl groups is 1. The second kappa shape index (κ2) is 9.20. The van der Waals surface area contributed by atoms with Crippen LogP contribution in [0.15, 0.2) is 52.9 Å². The van der Waals surface area contributed by atoms with Gasteiger partial charge in [-0.15, -0.1) is 6.58 Å². The molecule has 0 saturated carbocycles. The largest absolute Gasteiger partial charge is 0.504 e. The molecular weight excluding hydrogens is 408 g/mol. The Kier molecular flexibility index (Phi) is 6.67. The maximum atomic E-state index is 12.4. The molecular formula is C22H21ClN2O3S. The lowest BCUT2D eigenvalue weighted by Crippen LogP contribution is -2.19.